The summed E-state index contributed by atoms with van der Waals surface area (Å²) in [6, 6.07) is 3.43. The minimum Gasteiger partial charge on any atom is -0.389 e. The van der Waals surface area contributed by atoms with E-state index < -0.39 is 6.09 Å². The molecular formula is C12H16N3O3+. The molecule has 6 heteroatoms. The van der Waals surface area contributed by atoms with Crippen molar-refractivity contribution in [1.29, 1.82) is 0 Å². The van der Waals surface area contributed by atoms with Gasteiger partial charge in [0.15, 0.2) is 12.4 Å². The minimum atomic E-state index is -0.820. The number of hydrogen-bond acceptors (Lipinski definition) is 3. The molecule has 0 aromatic carbocycles. The maximum Gasteiger partial charge on any atom is 0.409 e. The van der Waals surface area contributed by atoms with E-state index in [-0.39, 0.29) is 12.6 Å². The second kappa shape index (κ2) is 5.48. The first-order valence-corrected chi connectivity index (χ1v) is 5.87. The number of primary amides is 1. The number of carbonyl (C=O) groups is 2. The van der Waals surface area contributed by atoms with Crippen molar-refractivity contribution in [2.75, 3.05) is 13.1 Å². The van der Waals surface area contributed by atoms with Crippen molar-refractivity contribution in [2.45, 2.75) is 19.6 Å². The van der Waals surface area contributed by atoms with Gasteiger partial charge >= 0.3 is 6.09 Å². The average molecular weight is 250 g/mol. The summed E-state index contributed by atoms with van der Waals surface area (Å²) in [5, 5.41) is 0. The lowest BCUT2D eigenvalue weighted by Gasteiger charge is -2.14. The van der Waals surface area contributed by atoms with Crippen LogP contribution in [0.5, 0.6) is 0 Å². The van der Waals surface area contributed by atoms with Gasteiger partial charge in [-0.15, -0.1) is 0 Å². The maximum absolute atomic E-state index is 12.0. The van der Waals surface area contributed by atoms with Crippen LogP contribution in [0.4, 0.5) is 4.79 Å². The van der Waals surface area contributed by atoms with Gasteiger partial charge < -0.3 is 15.4 Å². The second-order valence-electron chi connectivity index (χ2n) is 4.19. The molecule has 18 heavy (non-hydrogen) atoms. The molecule has 2 N–H and O–H groups in total. The molecule has 0 saturated carbocycles. The molecule has 6 nitrogen and oxygen atoms in total. The first-order chi connectivity index (χ1) is 8.66. The van der Waals surface area contributed by atoms with E-state index in [1.165, 1.54) is 0 Å². The normalized spacial score (nSPS) is 14.6. The second-order valence-corrected chi connectivity index (χ2v) is 4.19. The number of ether oxygens (including phenoxy) is 1. The molecule has 2 heterocycles. The molecule has 1 aliphatic heterocycles. The standard InChI is InChI=1S/C12H15N3O3/c13-12(17)18-9-14-7-3-10(4-8-14)11(16)15-5-1-2-6-15/h3-4,7-8H,1-2,5-6,9H2,(H-,13,17)/p+1. The van der Waals surface area contributed by atoms with E-state index >= 15 is 0 Å². The summed E-state index contributed by atoms with van der Waals surface area (Å²) in [5.74, 6) is 0.0514. The van der Waals surface area contributed by atoms with Crippen molar-refractivity contribution in [3.63, 3.8) is 0 Å². The van der Waals surface area contributed by atoms with Crippen LogP contribution in [-0.4, -0.2) is 30.0 Å². The predicted octanol–water partition coefficient (Wildman–Crippen LogP) is 0.263. The summed E-state index contributed by atoms with van der Waals surface area (Å²) in [5.41, 5.74) is 5.51. The Bertz CT molecular complexity index is 438. The van der Waals surface area contributed by atoms with E-state index in [0.717, 1.165) is 25.9 Å². The topological polar surface area (TPSA) is 76.5 Å². The summed E-state index contributed by atoms with van der Waals surface area (Å²) < 4.78 is 6.27. The van der Waals surface area contributed by atoms with Crippen LogP contribution < -0.4 is 10.3 Å². The smallest absolute Gasteiger partial charge is 0.389 e. The molecular weight excluding hydrogens is 234 g/mol. The third kappa shape index (κ3) is 2.97. The van der Waals surface area contributed by atoms with Crippen LogP contribution in [0.1, 0.15) is 23.2 Å². The summed E-state index contributed by atoms with van der Waals surface area (Å²) in [6.45, 7) is 1.71. The Kier molecular flexibility index (Phi) is 3.76. The van der Waals surface area contributed by atoms with Crippen LogP contribution in [0.3, 0.4) is 0 Å². The van der Waals surface area contributed by atoms with Gasteiger partial charge in [0, 0.05) is 25.2 Å². The number of rotatable bonds is 3. The van der Waals surface area contributed by atoms with Crippen LogP contribution in [0.25, 0.3) is 0 Å². The lowest BCUT2D eigenvalue weighted by Crippen LogP contribution is -2.37. The highest BCUT2D eigenvalue weighted by molar-refractivity contribution is 5.94. The van der Waals surface area contributed by atoms with Crippen molar-refractivity contribution < 1.29 is 18.9 Å². The van der Waals surface area contributed by atoms with Gasteiger partial charge in [0.2, 0.25) is 0 Å². The van der Waals surface area contributed by atoms with Gasteiger partial charge in [-0.25, -0.2) is 4.79 Å². The van der Waals surface area contributed by atoms with Gasteiger partial charge in [-0.05, 0) is 12.8 Å². The predicted molar refractivity (Wildman–Crippen MR) is 62.4 cm³/mol. The molecule has 1 aromatic heterocycles. The Balaban J connectivity index is 1.98. The molecule has 0 radical (unpaired) electrons. The Hall–Kier alpha value is -2.11. The molecule has 0 aliphatic carbocycles. The Morgan fingerprint density at radius 3 is 2.44 bits per heavy atom. The lowest BCUT2D eigenvalue weighted by molar-refractivity contribution is -0.727. The highest BCUT2D eigenvalue weighted by atomic mass is 16.6. The van der Waals surface area contributed by atoms with Crippen molar-refractivity contribution in [1.82, 2.24) is 4.90 Å². The number of likely N-dealkylation sites (tertiary alicyclic amines) is 1. The molecule has 2 amide bonds. The molecule has 2 rings (SSSR count). The molecule has 1 saturated heterocycles. The molecule has 1 aliphatic rings. The third-order valence-electron chi connectivity index (χ3n) is 2.89. The van der Waals surface area contributed by atoms with E-state index in [1.807, 2.05) is 4.90 Å². The van der Waals surface area contributed by atoms with Crippen LogP contribution in [0.15, 0.2) is 24.5 Å². The summed E-state index contributed by atoms with van der Waals surface area (Å²) >= 11 is 0. The number of amides is 2. The minimum absolute atomic E-state index is 0.0491. The fourth-order valence-corrected chi connectivity index (χ4v) is 1.93. The van der Waals surface area contributed by atoms with E-state index in [2.05, 4.69) is 4.74 Å². The number of nitrogens with two attached hydrogens (primary N) is 1. The number of hydrogen-bond donors (Lipinski definition) is 1. The number of pyridine rings is 1. The third-order valence-corrected chi connectivity index (χ3v) is 2.89. The van der Waals surface area contributed by atoms with Gasteiger partial charge in [-0.3, -0.25) is 4.79 Å². The maximum atomic E-state index is 12.0. The average Bonchev–Trinajstić information content (AvgIpc) is 2.90. The molecule has 0 unspecified atom stereocenters. The van der Waals surface area contributed by atoms with Gasteiger partial charge in [0.05, 0.1) is 5.56 Å². The molecule has 1 aromatic rings. The monoisotopic (exact) mass is 250 g/mol. The van der Waals surface area contributed by atoms with Gasteiger partial charge in [-0.1, -0.05) is 0 Å². The zero-order chi connectivity index (χ0) is 13.0. The summed E-state index contributed by atoms with van der Waals surface area (Å²) in [4.78, 5) is 24.3. The van der Waals surface area contributed by atoms with Crippen LogP contribution >= 0.6 is 0 Å². The zero-order valence-corrected chi connectivity index (χ0v) is 10.0. The zero-order valence-electron chi connectivity index (χ0n) is 10.0. The van der Waals surface area contributed by atoms with Gasteiger partial charge in [0.1, 0.15) is 0 Å². The van der Waals surface area contributed by atoms with Crippen molar-refractivity contribution >= 4 is 12.0 Å². The van der Waals surface area contributed by atoms with E-state index in [4.69, 9.17) is 5.73 Å². The molecule has 0 spiro atoms. The van der Waals surface area contributed by atoms with Gasteiger partial charge in [0.25, 0.3) is 12.6 Å². The Morgan fingerprint density at radius 2 is 1.89 bits per heavy atom. The SMILES string of the molecule is NC(=O)OC[n+]1ccc(C(=O)N2CCCC2)cc1. The highest BCUT2D eigenvalue weighted by Crippen LogP contribution is 2.11. The molecule has 0 atom stereocenters. The van der Waals surface area contributed by atoms with Crippen molar-refractivity contribution in [2.24, 2.45) is 5.73 Å². The molecule has 96 valence electrons. The first-order valence-electron chi connectivity index (χ1n) is 5.87. The largest absolute Gasteiger partial charge is 0.409 e. The van der Waals surface area contributed by atoms with Crippen molar-refractivity contribution in [3.05, 3.63) is 30.1 Å². The fraction of sp³-hybridized carbons (Fsp3) is 0.417. The number of carbonyl (C=O) groups excluding carboxylic acids is 2. The first kappa shape index (κ1) is 12.3. The van der Waals surface area contributed by atoms with E-state index in [1.54, 1.807) is 29.1 Å². The quantitative estimate of drug-likeness (QED) is 0.782. The number of aromatic nitrogens is 1. The number of nitrogens with zero attached hydrogens (tertiary/aromatic N) is 2. The Morgan fingerprint density at radius 1 is 1.28 bits per heavy atom. The van der Waals surface area contributed by atoms with Crippen LogP contribution in [0.2, 0.25) is 0 Å². The highest BCUT2D eigenvalue weighted by Gasteiger charge is 2.20. The van der Waals surface area contributed by atoms with Crippen LogP contribution in [0, 0.1) is 0 Å². The summed E-state index contributed by atoms with van der Waals surface area (Å²) in [7, 11) is 0. The summed E-state index contributed by atoms with van der Waals surface area (Å²) in [6.07, 6.45) is 4.70. The Labute approximate surface area is 105 Å². The molecule has 0 bridgehead atoms. The molecule has 1 fully saturated rings. The van der Waals surface area contributed by atoms with Gasteiger partial charge in [-0.2, -0.15) is 4.57 Å². The van der Waals surface area contributed by atoms with E-state index in [0.29, 0.717) is 5.56 Å². The van der Waals surface area contributed by atoms with E-state index in [9.17, 15) is 9.59 Å². The lowest BCUT2D eigenvalue weighted by atomic mass is 10.2. The fourth-order valence-electron chi connectivity index (χ4n) is 1.93. The van der Waals surface area contributed by atoms with Crippen molar-refractivity contribution in [3.8, 4) is 0 Å². The van der Waals surface area contributed by atoms with Crippen LogP contribution in [-0.2, 0) is 11.5 Å².